The predicted octanol–water partition coefficient (Wildman–Crippen LogP) is 11.5. The zero-order valence-corrected chi connectivity index (χ0v) is 38.8. The van der Waals surface area contributed by atoms with Gasteiger partial charge in [-0.3, -0.25) is 9.98 Å². The molecule has 5 rings (SSSR count). The van der Waals surface area contributed by atoms with Crippen molar-refractivity contribution in [3.05, 3.63) is 120 Å². The summed E-state index contributed by atoms with van der Waals surface area (Å²) in [4.78, 5) is 8.62. The smallest absolute Gasteiger partial charge is 0.872 e. The fraction of sp³-hybridized carbons (Fsp3) is 0.422. The molecule has 0 aromatic heterocycles. The van der Waals surface area contributed by atoms with E-state index in [4.69, 9.17) is 51.1 Å². The molecule has 0 N–H and O–H groups in total. The van der Waals surface area contributed by atoms with Crippen LogP contribution < -0.4 is 15.3 Å². The van der Waals surface area contributed by atoms with Gasteiger partial charge in [0.25, 0.3) is 0 Å². The van der Waals surface area contributed by atoms with Gasteiger partial charge in [-0.05, 0) is 84.0 Å². The average Bonchev–Trinajstić information content (AvgIpc) is 3.67. The minimum atomic E-state index is -0.318. The molecule has 311 valence electrons. The molecule has 4 aromatic carbocycles. The van der Waals surface area contributed by atoms with Crippen LogP contribution in [0.3, 0.4) is 0 Å². The van der Waals surface area contributed by atoms with Crippen molar-refractivity contribution in [3.63, 3.8) is 0 Å². The molecule has 0 aliphatic carbocycles. The van der Waals surface area contributed by atoms with Gasteiger partial charge < -0.3 is 20.1 Å². The monoisotopic (exact) mass is 1000 g/mol. The van der Waals surface area contributed by atoms with Crippen molar-refractivity contribution in [2.75, 3.05) is 26.3 Å². The summed E-state index contributed by atoms with van der Waals surface area (Å²) in [5.41, 5.74) is 4.55. The molecule has 11 heteroatoms. The molecule has 1 fully saturated rings. The summed E-state index contributed by atoms with van der Waals surface area (Å²) >= 11 is 23.5. The van der Waals surface area contributed by atoms with E-state index in [1.54, 1.807) is 0 Å². The predicted molar refractivity (Wildman–Crippen MR) is 230 cm³/mol. The molecular weight excluding hydrogens is 947 g/mol. The number of aliphatic imine (C=N–C) groups is 2. The molecule has 0 unspecified atom stereocenters. The number of benzene rings is 4. The number of ether oxygens (including phenoxy) is 1. The number of nitrogens with zero attached hydrogens (tertiary/aromatic N) is 2. The summed E-state index contributed by atoms with van der Waals surface area (Å²) in [6, 6.07) is 20.1. The summed E-state index contributed by atoms with van der Waals surface area (Å²) in [5, 5.41) is 37.1. The Kier molecular flexibility index (Phi) is 22.7. The fourth-order valence-electron chi connectivity index (χ4n) is 5.12. The van der Waals surface area contributed by atoms with Crippen LogP contribution in [0.4, 0.5) is 0 Å². The van der Waals surface area contributed by atoms with Crippen molar-refractivity contribution in [2.45, 2.75) is 92.9 Å². The Morgan fingerprint density at radius 1 is 0.589 bits per heavy atom. The third-order valence-corrected chi connectivity index (χ3v) is 9.19. The Morgan fingerprint density at radius 2 is 0.982 bits per heavy atom. The third kappa shape index (κ3) is 18.9. The first-order chi connectivity index (χ1) is 25.5. The van der Waals surface area contributed by atoms with Crippen LogP contribution in [0.5, 0.6) is 17.2 Å². The van der Waals surface area contributed by atoms with Gasteiger partial charge in [0, 0.05) is 64.2 Å². The standard InChI is InChI=1S/C19H18Cl4N2O2.C15H24O.C7H8.C4H8O.Yb/c1-19(2,9-24-7-11-3-13(20)5-15(22)17(11)26)10-25-8-12-4-14(21)6-16(23)18(12)27;1-10-8-11(14(2,3)4)13(16)12(9-10)15(5,6)7;1-7-5-3-2-4-6-7;1-2-4-5-3-1;/h3-8,26-27H,9-10H2,1-2H3;8-9,16H,1-7H3;2-6H,1H3;1-4H2;/q;;;;+3/p-3. The molecule has 4 aromatic rings. The number of rotatable bonds is 6. The van der Waals surface area contributed by atoms with Crippen LogP contribution in [0.15, 0.2) is 76.7 Å². The second-order valence-corrected chi connectivity index (χ2v) is 18.1. The average molecular weight is 1000 g/mol. The van der Waals surface area contributed by atoms with E-state index in [1.807, 2.05) is 44.2 Å². The molecule has 1 saturated heterocycles. The van der Waals surface area contributed by atoms with Gasteiger partial charge in [-0.2, -0.15) is 0 Å². The van der Waals surface area contributed by atoms with E-state index in [0.717, 1.165) is 24.3 Å². The third-order valence-electron chi connectivity index (χ3n) is 8.19. The minimum Gasteiger partial charge on any atom is -0.872 e. The van der Waals surface area contributed by atoms with Crippen molar-refractivity contribution >= 4 is 58.8 Å². The number of hydrogen-bond donors (Lipinski definition) is 0. The molecule has 1 radical (unpaired) electrons. The normalized spacial score (nSPS) is 12.9. The van der Waals surface area contributed by atoms with Gasteiger partial charge in [-0.15, -0.1) is 5.75 Å². The van der Waals surface area contributed by atoms with Crippen LogP contribution >= 0.6 is 46.4 Å². The second kappa shape index (κ2) is 24.4. The van der Waals surface area contributed by atoms with Crippen molar-refractivity contribution < 1.29 is 67.0 Å². The van der Waals surface area contributed by atoms with Crippen LogP contribution in [0.25, 0.3) is 0 Å². The maximum absolute atomic E-state index is 12.4. The van der Waals surface area contributed by atoms with E-state index in [0.29, 0.717) is 34.3 Å². The zero-order valence-electron chi connectivity index (χ0n) is 34.1. The summed E-state index contributed by atoms with van der Waals surface area (Å²) in [6.45, 7) is 23.5. The summed E-state index contributed by atoms with van der Waals surface area (Å²) in [7, 11) is 0. The van der Waals surface area contributed by atoms with Crippen molar-refractivity contribution in [3.8, 4) is 17.2 Å². The molecule has 0 saturated carbocycles. The van der Waals surface area contributed by atoms with Gasteiger partial charge in [0.05, 0.1) is 0 Å². The molecule has 1 aliphatic rings. The van der Waals surface area contributed by atoms with E-state index in [9.17, 15) is 15.3 Å². The van der Waals surface area contributed by atoms with Crippen molar-refractivity contribution in [1.29, 1.82) is 0 Å². The van der Waals surface area contributed by atoms with E-state index < -0.39 is 0 Å². The van der Waals surface area contributed by atoms with E-state index in [2.05, 4.69) is 77.5 Å². The van der Waals surface area contributed by atoms with Gasteiger partial charge in [0.15, 0.2) is 0 Å². The quantitative estimate of drug-likeness (QED) is 0.180. The van der Waals surface area contributed by atoms with E-state index in [-0.39, 0.29) is 90.5 Å². The topological polar surface area (TPSA) is 103 Å². The summed E-state index contributed by atoms with van der Waals surface area (Å²) in [6.07, 6.45) is 5.47. The van der Waals surface area contributed by atoms with Gasteiger partial charge in [-0.25, -0.2) is 0 Å². The molecule has 0 atom stereocenters. The minimum absolute atomic E-state index is 0. The molecule has 6 nitrogen and oxygen atoms in total. The first-order valence-corrected chi connectivity index (χ1v) is 19.8. The Bertz CT molecular complexity index is 1770. The van der Waals surface area contributed by atoms with Crippen LogP contribution in [0, 0.1) is 66.2 Å². The molecule has 0 bridgehead atoms. The van der Waals surface area contributed by atoms with Gasteiger partial charge in [0.2, 0.25) is 0 Å². The Hall–Kier alpha value is -1.74. The SMILES string of the molecule is C1CCOC1.CC(C)(CN=Cc1cc(Cl)cc(Cl)c1[O-])CN=Cc1cc(Cl)cc(Cl)c1[O-].Cc1cc(C(C)(C)C)c([O-])c(C(C)(C)C)c1.Cc1ccccc1.[Yb+3]. The zero-order chi connectivity index (χ0) is 41.6. The number of aryl methyl sites for hydroxylation is 2. The first-order valence-electron chi connectivity index (χ1n) is 18.3. The van der Waals surface area contributed by atoms with Gasteiger partial charge in [0.1, 0.15) is 0 Å². The molecule has 56 heavy (non-hydrogen) atoms. The van der Waals surface area contributed by atoms with Crippen LogP contribution in [0.2, 0.25) is 20.1 Å². The Labute approximate surface area is 394 Å². The van der Waals surface area contributed by atoms with Gasteiger partial charge in [-0.1, -0.05) is 167 Å². The first kappa shape index (κ1) is 52.3. The molecule has 1 aliphatic heterocycles. The summed E-state index contributed by atoms with van der Waals surface area (Å²) in [5.74, 6) is -0.423. The fourth-order valence-corrected chi connectivity index (χ4v) is 6.13. The molecule has 0 spiro atoms. The van der Waals surface area contributed by atoms with E-state index >= 15 is 0 Å². The van der Waals surface area contributed by atoms with E-state index in [1.165, 1.54) is 60.7 Å². The number of hydrogen-bond acceptors (Lipinski definition) is 6. The Balaban J connectivity index is 0.000000450. The maximum atomic E-state index is 12.4. The largest absolute Gasteiger partial charge is 3.00 e. The van der Waals surface area contributed by atoms with Crippen LogP contribution in [-0.2, 0) is 15.6 Å². The second-order valence-electron chi connectivity index (χ2n) is 16.4. The molecular formula is C45H55Cl4N2O4Yb. The number of halogens is 4. The summed E-state index contributed by atoms with van der Waals surface area (Å²) < 4.78 is 4.94. The van der Waals surface area contributed by atoms with Gasteiger partial charge >= 0.3 is 46.9 Å². The van der Waals surface area contributed by atoms with Crippen LogP contribution in [-0.4, -0.2) is 38.7 Å². The molecule has 1 heterocycles. The van der Waals surface area contributed by atoms with Crippen LogP contribution in [0.1, 0.15) is 102 Å². The van der Waals surface area contributed by atoms with Crippen molar-refractivity contribution in [2.24, 2.45) is 15.4 Å². The van der Waals surface area contributed by atoms with Crippen molar-refractivity contribution in [1.82, 2.24) is 0 Å². The molecule has 0 amide bonds. The Morgan fingerprint density at radius 3 is 1.29 bits per heavy atom. The maximum Gasteiger partial charge on any atom is 3.00 e.